The molecule has 0 heterocycles. The summed E-state index contributed by atoms with van der Waals surface area (Å²) in [4.78, 5) is 0. The molecule has 88 valence electrons. The predicted octanol–water partition coefficient (Wildman–Crippen LogP) is 5.52. The minimum Gasteiger partial charge on any atom is -0.0683 e. The molecule has 1 aliphatic rings. The lowest BCUT2D eigenvalue weighted by atomic mass is 9.95. The largest absolute Gasteiger partial charge is 0.0683 e. The SMILES string of the molecule is CC.CC(C)C.CC(C)C1CCCC1. The fraction of sp³-hybridized carbons (Fsp3) is 1.00. The van der Waals surface area contributed by atoms with E-state index in [9.17, 15) is 0 Å². The molecule has 0 amide bonds. The Kier molecular flexibility index (Phi) is 13.0. The van der Waals surface area contributed by atoms with Gasteiger partial charge in [0.2, 0.25) is 0 Å². The van der Waals surface area contributed by atoms with E-state index in [0.29, 0.717) is 0 Å². The lowest BCUT2D eigenvalue weighted by Crippen LogP contribution is -2.01. The van der Waals surface area contributed by atoms with Gasteiger partial charge in [-0.2, -0.15) is 0 Å². The molecule has 1 fully saturated rings. The molecule has 1 aliphatic carbocycles. The third kappa shape index (κ3) is 12.0. The first-order valence-corrected chi connectivity index (χ1v) is 6.54. The zero-order valence-corrected chi connectivity index (χ0v) is 11.6. The Labute approximate surface area is 92.5 Å². The van der Waals surface area contributed by atoms with Crippen LogP contribution in [0, 0.1) is 17.8 Å². The van der Waals surface area contributed by atoms with Gasteiger partial charge in [-0.05, 0) is 17.8 Å². The van der Waals surface area contributed by atoms with Crippen LogP contribution in [0.25, 0.3) is 0 Å². The van der Waals surface area contributed by atoms with Crippen LogP contribution in [0.15, 0.2) is 0 Å². The Balaban J connectivity index is 0. The first-order chi connectivity index (χ1) is 6.54. The molecule has 14 heavy (non-hydrogen) atoms. The van der Waals surface area contributed by atoms with Crippen LogP contribution < -0.4 is 0 Å². The number of rotatable bonds is 1. The van der Waals surface area contributed by atoms with Crippen molar-refractivity contribution in [3.63, 3.8) is 0 Å². The molecule has 0 atom stereocenters. The van der Waals surface area contributed by atoms with Crippen molar-refractivity contribution >= 4 is 0 Å². The van der Waals surface area contributed by atoms with E-state index >= 15 is 0 Å². The van der Waals surface area contributed by atoms with Crippen molar-refractivity contribution in [2.24, 2.45) is 17.8 Å². The zero-order valence-electron chi connectivity index (χ0n) is 11.6. The van der Waals surface area contributed by atoms with Crippen molar-refractivity contribution in [2.45, 2.75) is 74.1 Å². The lowest BCUT2D eigenvalue weighted by Gasteiger charge is -2.11. The van der Waals surface area contributed by atoms with Gasteiger partial charge in [-0.25, -0.2) is 0 Å². The highest BCUT2D eigenvalue weighted by Crippen LogP contribution is 2.30. The van der Waals surface area contributed by atoms with Gasteiger partial charge in [0, 0.05) is 0 Å². The van der Waals surface area contributed by atoms with Crippen molar-refractivity contribution in [3.8, 4) is 0 Å². The molecule has 1 rings (SSSR count). The van der Waals surface area contributed by atoms with Gasteiger partial charge in [0.1, 0.15) is 0 Å². The minimum absolute atomic E-state index is 0.833. The quantitative estimate of drug-likeness (QED) is 0.523. The molecule has 0 spiro atoms. The normalized spacial score (nSPS) is 16.1. The summed E-state index contributed by atoms with van der Waals surface area (Å²) in [6, 6.07) is 0. The molecule has 0 heteroatoms. The topological polar surface area (TPSA) is 0 Å². The lowest BCUT2D eigenvalue weighted by molar-refractivity contribution is 0.396. The first kappa shape index (κ1) is 16.4. The van der Waals surface area contributed by atoms with Crippen molar-refractivity contribution in [1.82, 2.24) is 0 Å². The van der Waals surface area contributed by atoms with Crippen LogP contribution in [-0.4, -0.2) is 0 Å². The van der Waals surface area contributed by atoms with E-state index in [-0.39, 0.29) is 0 Å². The van der Waals surface area contributed by atoms with Crippen molar-refractivity contribution < 1.29 is 0 Å². The molecule has 0 aliphatic heterocycles. The molecule has 0 unspecified atom stereocenters. The second-order valence-electron chi connectivity index (χ2n) is 5.02. The molecule has 0 aromatic heterocycles. The van der Waals surface area contributed by atoms with E-state index < -0.39 is 0 Å². The standard InChI is InChI=1S/C8H16.C4H10.C2H6/c1-7(2)8-5-3-4-6-8;1-4(2)3;1-2/h7-8H,3-6H2,1-2H3;4H,1-3H3;1-2H3. The van der Waals surface area contributed by atoms with E-state index in [4.69, 9.17) is 0 Å². The maximum atomic E-state index is 2.34. The third-order valence-electron chi connectivity index (χ3n) is 2.34. The molecule has 0 N–H and O–H groups in total. The van der Waals surface area contributed by atoms with E-state index in [1.54, 1.807) is 0 Å². The molecular formula is C14H32. The van der Waals surface area contributed by atoms with Crippen LogP contribution in [0.2, 0.25) is 0 Å². The summed E-state index contributed by atoms with van der Waals surface area (Å²) >= 11 is 0. The second-order valence-corrected chi connectivity index (χ2v) is 5.02. The van der Waals surface area contributed by atoms with Crippen LogP contribution in [0.1, 0.15) is 74.1 Å². The number of hydrogen-bond donors (Lipinski definition) is 0. The number of hydrogen-bond acceptors (Lipinski definition) is 0. The fourth-order valence-corrected chi connectivity index (χ4v) is 1.62. The van der Waals surface area contributed by atoms with Gasteiger partial charge < -0.3 is 0 Å². The molecule has 1 saturated carbocycles. The van der Waals surface area contributed by atoms with E-state index in [2.05, 4.69) is 34.6 Å². The van der Waals surface area contributed by atoms with Crippen molar-refractivity contribution in [1.29, 1.82) is 0 Å². The van der Waals surface area contributed by atoms with Crippen LogP contribution in [0.4, 0.5) is 0 Å². The van der Waals surface area contributed by atoms with Crippen molar-refractivity contribution in [2.75, 3.05) is 0 Å². The highest BCUT2D eigenvalue weighted by Gasteiger charge is 2.17. The van der Waals surface area contributed by atoms with Gasteiger partial charge in [-0.1, -0.05) is 74.1 Å². The summed E-state index contributed by atoms with van der Waals surface area (Å²) in [7, 11) is 0. The second kappa shape index (κ2) is 11.1. The summed E-state index contributed by atoms with van der Waals surface area (Å²) < 4.78 is 0. The summed E-state index contributed by atoms with van der Waals surface area (Å²) in [5.74, 6) is 2.84. The molecule has 0 aromatic rings. The third-order valence-corrected chi connectivity index (χ3v) is 2.34. The van der Waals surface area contributed by atoms with Gasteiger partial charge in [0.15, 0.2) is 0 Å². The van der Waals surface area contributed by atoms with Gasteiger partial charge in [0.05, 0.1) is 0 Å². The summed E-state index contributed by atoms with van der Waals surface area (Å²) in [5.41, 5.74) is 0. The maximum Gasteiger partial charge on any atom is -0.0391 e. The average molecular weight is 200 g/mol. The van der Waals surface area contributed by atoms with Gasteiger partial charge in [0.25, 0.3) is 0 Å². The molecule has 0 radical (unpaired) electrons. The minimum atomic E-state index is 0.833. The summed E-state index contributed by atoms with van der Waals surface area (Å²) in [6.45, 7) is 15.2. The Hall–Kier alpha value is 0. The fourth-order valence-electron chi connectivity index (χ4n) is 1.62. The van der Waals surface area contributed by atoms with Crippen LogP contribution in [-0.2, 0) is 0 Å². The molecule has 0 nitrogen and oxygen atoms in total. The van der Waals surface area contributed by atoms with E-state index in [0.717, 1.165) is 17.8 Å². The van der Waals surface area contributed by atoms with Crippen molar-refractivity contribution in [3.05, 3.63) is 0 Å². The summed E-state index contributed by atoms with van der Waals surface area (Å²) in [5, 5.41) is 0. The Bertz CT molecular complexity index is 83.5. The van der Waals surface area contributed by atoms with E-state index in [1.165, 1.54) is 25.7 Å². The van der Waals surface area contributed by atoms with Gasteiger partial charge in [-0.15, -0.1) is 0 Å². The Morgan fingerprint density at radius 3 is 1.21 bits per heavy atom. The molecule has 0 aromatic carbocycles. The zero-order chi connectivity index (χ0) is 11.6. The monoisotopic (exact) mass is 200 g/mol. The van der Waals surface area contributed by atoms with Gasteiger partial charge in [-0.3, -0.25) is 0 Å². The van der Waals surface area contributed by atoms with Crippen LogP contribution >= 0.6 is 0 Å². The van der Waals surface area contributed by atoms with E-state index in [1.807, 2.05) is 13.8 Å². The average Bonchev–Trinajstić information content (AvgIpc) is 2.58. The predicted molar refractivity (Wildman–Crippen MR) is 68.7 cm³/mol. The Morgan fingerprint density at radius 2 is 1.07 bits per heavy atom. The molecule has 0 saturated heterocycles. The van der Waals surface area contributed by atoms with Gasteiger partial charge >= 0.3 is 0 Å². The summed E-state index contributed by atoms with van der Waals surface area (Å²) in [6.07, 6.45) is 5.97. The smallest absolute Gasteiger partial charge is 0.0391 e. The maximum absolute atomic E-state index is 2.34. The van der Waals surface area contributed by atoms with Crippen LogP contribution in [0.3, 0.4) is 0 Å². The van der Waals surface area contributed by atoms with Crippen LogP contribution in [0.5, 0.6) is 0 Å². The highest BCUT2D eigenvalue weighted by atomic mass is 14.2. The molecular weight excluding hydrogens is 168 g/mol. The first-order valence-electron chi connectivity index (χ1n) is 6.54. The molecule has 0 bridgehead atoms. The Morgan fingerprint density at radius 1 is 0.786 bits per heavy atom. The highest BCUT2D eigenvalue weighted by molar-refractivity contribution is 4.69.